The molecule has 1 atom stereocenters. The lowest BCUT2D eigenvalue weighted by molar-refractivity contribution is -0.139. The Morgan fingerprint density at radius 3 is 2.53 bits per heavy atom. The molecule has 0 aromatic heterocycles. The van der Waals surface area contributed by atoms with E-state index in [0.29, 0.717) is 0 Å². The van der Waals surface area contributed by atoms with E-state index in [1.54, 1.807) is 0 Å². The number of hydrogen-bond acceptors (Lipinski definition) is 3. The summed E-state index contributed by atoms with van der Waals surface area (Å²) in [7, 11) is 0. The predicted octanol–water partition coefficient (Wildman–Crippen LogP) is 0.716. The van der Waals surface area contributed by atoms with Gasteiger partial charge in [-0.25, -0.2) is 14.6 Å². The van der Waals surface area contributed by atoms with Crippen LogP contribution in [0.4, 0.5) is 4.79 Å². The van der Waals surface area contributed by atoms with Gasteiger partial charge in [0.25, 0.3) is 0 Å². The number of urea groups is 1. The number of carboxylic acids is 1. The summed E-state index contributed by atoms with van der Waals surface area (Å²) in [6.45, 7) is 5.08. The summed E-state index contributed by atoms with van der Waals surface area (Å²) < 4.78 is 0. The Kier molecular flexibility index (Phi) is 5.48. The normalized spacial score (nSPS) is 18.1. The summed E-state index contributed by atoms with van der Waals surface area (Å²) in [6.07, 6.45) is 4.96. The van der Waals surface area contributed by atoms with Gasteiger partial charge in [-0.15, -0.1) is 6.58 Å². The molecule has 2 amide bonds. The Morgan fingerprint density at radius 2 is 2.00 bits per heavy atom. The van der Waals surface area contributed by atoms with Crippen molar-refractivity contribution in [2.24, 2.45) is 0 Å². The standard InChI is InChI=1S/C11H19N3O3/c1-2-6-9(10(15)16)12-11(17)13-14-7-4-3-5-8-14/h2,9H,1,3-8H2,(H,15,16)(H2,12,13,17). The van der Waals surface area contributed by atoms with Crippen LogP contribution < -0.4 is 10.7 Å². The third-order valence-electron chi connectivity index (χ3n) is 2.62. The van der Waals surface area contributed by atoms with E-state index in [-0.39, 0.29) is 6.42 Å². The van der Waals surface area contributed by atoms with Crippen LogP contribution in [-0.2, 0) is 4.79 Å². The van der Waals surface area contributed by atoms with Crippen LogP contribution in [0.1, 0.15) is 25.7 Å². The number of nitrogens with zero attached hydrogens (tertiary/aromatic N) is 1. The SMILES string of the molecule is C=CCC(NC(=O)NN1CCCCC1)C(=O)O. The quantitative estimate of drug-likeness (QED) is 0.619. The second-order valence-corrected chi connectivity index (χ2v) is 4.05. The minimum Gasteiger partial charge on any atom is -0.480 e. The van der Waals surface area contributed by atoms with Crippen molar-refractivity contribution in [2.75, 3.05) is 13.1 Å². The van der Waals surface area contributed by atoms with Crippen LogP contribution in [0.3, 0.4) is 0 Å². The number of hydrazine groups is 1. The van der Waals surface area contributed by atoms with Crippen molar-refractivity contribution in [3.8, 4) is 0 Å². The summed E-state index contributed by atoms with van der Waals surface area (Å²) in [5.74, 6) is -1.06. The number of nitrogens with one attached hydrogen (secondary N) is 2. The molecule has 6 heteroatoms. The molecule has 1 aliphatic rings. The summed E-state index contributed by atoms with van der Waals surface area (Å²) in [4.78, 5) is 22.4. The van der Waals surface area contributed by atoms with E-state index in [0.717, 1.165) is 25.9 Å². The van der Waals surface area contributed by atoms with Crippen molar-refractivity contribution in [2.45, 2.75) is 31.7 Å². The molecule has 0 bridgehead atoms. The van der Waals surface area contributed by atoms with Crippen LogP contribution >= 0.6 is 0 Å². The molecule has 96 valence electrons. The van der Waals surface area contributed by atoms with Crippen LogP contribution in [0.5, 0.6) is 0 Å². The molecule has 0 saturated carbocycles. The molecule has 1 heterocycles. The zero-order chi connectivity index (χ0) is 12.7. The fourth-order valence-electron chi connectivity index (χ4n) is 1.73. The van der Waals surface area contributed by atoms with Gasteiger partial charge in [0, 0.05) is 13.1 Å². The van der Waals surface area contributed by atoms with Crippen LogP contribution in [0, 0.1) is 0 Å². The minimum absolute atomic E-state index is 0.211. The monoisotopic (exact) mass is 241 g/mol. The lowest BCUT2D eigenvalue weighted by atomic mass is 10.2. The average molecular weight is 241 g/mol. The van der Waals surface area contributed by atoms with E-state index in [2.05, 4.69) is 17.3 Å². The predicted molar refractivity (Wildman–Crippen MR) is 63.3 cm³/mol. The van der Waals surface area contributed by atoms with Gasteiger partial charge in [0.1, 0.15) is 6.04 Å². The second kappa shape index (κ2) is 6.90. The Labute approximate surface area is 101 Å². The van der Waals surface area contributed by atoms with Crippen LogP contribution in [0.25, 0.3) is 0 Å². The van der Waals surface area contributed by atoms with Crippen molar-refractivity contribution < 1.29 is 14.7 Å². The molecule has 1 saturated heterocycles. The fraction of sp³-hybridized carbons (Fsp3) is 0.636. The first-order valence-corrected chi connectivity index (χ1v) is 5.79. The second-order valence-electron chi connectivity index (χ2n) is 4.05. The summed E-state index contributed by atoms with van der Waals surface area (Å²) in [5.41, 5.74) is 2.65. The van der Waals surface area contributed by atoms with Crippen LogP contribution in [-0.4, -0.2) is 41.2 Å². The highest BCUT2D eigenvalue weighted by atomic mass is 16.4. The summed E-state index contributed by atoms with van der Waals surface area (Å²) >= 11 is 0. The van der Waals surface area contributed by atoms with Gasteiger partial charge in [0.15, 0.2) is 0 Å². The van der Waals surface area contributed by atoms with E-state index < -0.39 is 18.0 Å². The molecule has 6 nitrogen and oxygen atoms in total. The van der Waals surface area contributed by atoms with E-state index in [9.17, 15) is 9.59 Å². The summed E-state index contributed by atoms with van der Waals surface area (Å²) in [6, 6.07) is -1.39. The van der Waals surface area contributed by atoms with Gasteiger partial charge < -0.3 is 10.4 Å². The van der Waals surface area contributed by atoms with Crippen molar-refractivity contribution in [3.05, 3.63) is 12.7 Å². The molecule has 1 rings (SSSR count). The lowest BCUT2D eigenvalue weighted by Gasteiger charge is -2.27. The van der Waals surface area contributed by atoms with Crippen molar-refractivity contribution in [1.82, 2.24) is 15.8 Å². The maximum atomic E-state index is 11.5. The molecule has 0 aliphatic carbocycles. The third-order valence-corrected chi connectivity index (χ3v) is 2.62. The van der Waals surface area contributed by atoms with Gasteiger partial charge in [-0.2, -0.15) is 0 Å². The smallest absolute Gasteiger partial charge is 0.330 e. The highest BCUT2D eigenvalue weighted by molar-refractivity contribution is 5.82. The van der Waals surface area contributed by atoms with Gasteiger partial charge in [-0.1, -0.05) is 12.5 Å². The molecule has 1 unspecified atom stereocenters. The van der Waals surface area contributed by atoms with E-state index >= 15 is 0 Å². The average Bonchev–Trinajstić information content (AvgIpc) is 2.29. The number of carbonyl (C=O) groups is 2. The zero-order valence-corrected chi connectivity index (χ0v) is 9.82. The number of rotatable bonds is 5. The highest BCUT2D eigenvalue weighted by Gasteiger charge is 2.19. The Bertz CT molecular complexity index is 288. The van der Waals surface area contributed by atoms with Crippen molar-refractivity contribution in [3.63, 3.8) is 0 Å². The number of aliphatic carboxylic acids is 1. The van der Waals surface area contributed by atoms with Gasteiger partial charge in [-0.3, -0.25) is 5.43 Å². The molecule has 17 heavy (non-hydrogen) atoms. The molecule has 1 aliphatic heterocycles. The molecule has 1 fully saturated rings. The first-order valence-electron chi connectivity index (χ1n) is 5.79. The van der Waals surface area contributed by atoms with Crippen LogP contribution in [0.2, 0.25) is 0 Å². The molecule has 0 spiro atoms. The minimum atomic E-state index is -1.06. The molecular formula is C11H19N3O3. The topological polar surface area (TPSA) is 81.7 Å². The molecule has 3 N–H and O–H groups in total. The number of carboxylic acid groups (broad SMARTS) is 1. The summed E-state index contributed by atoms with van der Waals surface area (Å²) in [5, 5.41) is 13.1. The van der Waals surface area contributed by atoms with Gasteiger partial charge >= 0.3 is 12.0 Å². The molecule has 0 aromatic rings. The molecule has 0 radical (unpaired) electrons. The van der Waals surface area contributed by atoms with Crippen molar-refractivity contribution >= 4 is 12.0 Å². The Balaban J connectivity index is 2.35. The molecular weight excluding hydrogens is 222 g/mol. The van der Waals surface area contributed by atoms with Crippen LogP contribution in [0.15, 0.2) is 12.7 Å². The number of hydrogen-bond donors (Lipinski definition) is 3. The largest absolute Gasteiger partial charge is 0.480 e. The number of carbonyl (C=O) groups excluding carboxylic acids is 1. The zero-order valence-electron chi connectivity index (χ0n) is 9.82. The lowest BCUT2D eigenvalue weighted by Crippen LogP contribution is -2.53. The van der Waals surface area contributed by atoms with Gasteiger partial charge in [0.2, 0.25) is 0 Å². The Morgan fingerprint density at radius 1 is 1.35 bits per heavy atom. The maximum absolute atomic E-state index is 11.5. The first kappa shape index (κ1) is 13.5. The number of amides is 2. The van der Waals surface area contributed by atoms with Crippen molar-refractivity contribution in [1.29, 1.82) is 0 Å². The third kappa shape index (κ3) is 4.86. The molecule has 0 aromatic carbocycles. The van der Waals surface area contributed by atoms with Gasteiger partial charge in [-0.05, 0) is 19.3 Å². The van der Waals surface area contributed by atoms with E-state index in [1.807, 2.05) is 5.01 Å². The number of piperidine rings is 1. The van der Waals surface area contributed by atoms with Gasteiger partial charge in [0.05, 0.1) is 0 Å². The first-order chi connectivity index (χ1) is 8.13. The Hall–Kier alpha value is -1.56. The fourth-order valence-corrected chi connectivity index (χ4v) is 1.73. The highest BCUT2D eigenvalue weighted by Crippen LogP contribution is 2.05. The van der Waals surface area contributed by atoms with E-state index in [4.69, 9.17) is 5.11 Å². The van der Waals surface area contributed by atoms with E-state index in [1.165, 1.54) is 12.5 Å². The maximum Gasteiger partial charge on any atom is 0.330 e.